The second kappa shape index (κ2) is 11.9. The SMILES string of the molecule is C=N/C=C(/F)Cc1ccccc1NN.NCOCc1ccc(F)c(C(F)(F)F)c1. The Morgan fingerprint density at radius 1 is 1.21 bits per heavy atom. The summed E-state index contributed by atoms with van der Waals surface area (Å²) in [4.78, 5) is 3.35. The molecule has 0 aliphatic carbocycles. The molecule has 0 aliphatic heterocycles. The molecule has 2 aromatic rings. The normalized spacial score (nSPS) is 11.5. The maximum atomic E-state index is 13.1. The van der Waals surface area contributed by atoms with Crippen molar-refractivity contribution >= 4 is 12.4 Å². The number of anilines is 1. The number of aliphatic imine (C=N–C) groups is 1. The predicted molar refractivity (Wildman–Crippen MR) is 102 cm³/mol. The molecule has 0 atom stereocenters. The van der Waals surface area contributed by atoms with Gasteiger partial charge in [0.05, 0.1) is 30.8 Å². The van der Waals surface area contributed by atoms with Crippen LogP contribution in [0.1, 0.15) is 16.7 Å². The van der Waals surface area contributed by atoms with Crippen LogP contribution in [0.25, 0.3) is 0 Å². The number of ether oxygens (including phenoxy) is 1. The molecule has 0 spiro atoms. The first kappa shape index (κ1) is 24.2. The van der Waals surface area contributed by atoms with Crippen LogP contribution in [0.2, 0.25) is 0 Å². The highest BCUT2D eigenvalue weighted by Gasteiger charge is 2.34. The summed E-state index contributed by atoms with van der Waals surface area (Å²) in [5.41, 5.74) is 7.95. The maximum Gasteiger partial charge on any atom is 0.419 e. The lowest BCUT2D eigenvalue weighted by atomic mass is 10.1. The Kier molecular flexibility index (Phi) is 9.93. The molecule has 0 amide bonds. The van der Waals surface area contributed by atoms with Gasteiger partial charge in [0.1, 0.15) is 11.6 Å². The molecule has 2 rings (SSSR count). The number of rotatable bonds is 7. The first-order valence-electron chi connectivity index (χ1n) is 8.21. The number of allylic oxidation sites excluding steroid dienone is 1. The monoisotopic (exact) mass is 416 g/mol. The minimum absolute atomic E-state index is 0.0696. The Bertz CT molecular complexity index is 824. The van der Waals surface area contributed by atoms with Crippen molar-refractivity contribution in [1.82, 2.24) is 0 Å². The van der Waals surface area contributed by atoms with Crippen molar-refractivity contribution in [2.24, 2.45) is 16.6 Å². The molecule has 0 fully saturated rings. The summed E-state index contributed by atoms with van der Waals surface area (Å²) < 4.78 is 67.3. The molecule has 5 nitrogen and oxygen atoms in total. The number of para-hydroxylation sites is 1. The molecule has 0 saturated heterocycles. The van der Waals surface area contributed by atoms with Crippen molar-refractivity contribution in [3.05, 3.63) is 77.0 Å². The fourth-order valence-electron chi connectivity index (χ4n) is 2.20. The molecule has 10 heteroatoms. The van der Waals surface area contributed by atoms with Crippen LogP contribution in [0.3, 0.4) is 0 Å². The number of hydrazine groups is 1. The zero-order valence-electron chi connectivity index (χ0n) is 15.3. The van der Waals surface area contributed by atoms with Crippen LogP contribution in [-0.4, -0.2) is 13.4 Å². The smallest absolute Gasteiger partial charge is 0.362 e. The minimum atomic E-state index is -4.69. The Hall–Kier alpha value is -2.82. The number of nitrogens with one attached hydrogen (secondary N) is 1. The number of hydrogen-bond acceptors (Lipinski definition) is 5. The van der Waals surface area contributed by atoms with Crippen molar-refractivity contribution in [2.45, 2.75) is 19.2 Å². The molecule has 0 aliphatic rings. The fourth-order valence-corrected chi connectivity index (χ4v) is 2.20. The molecule has 29 heavy (non-hydrogen) atoms. The number of benzene rings is 2. The Morgan fingerprint density at radius 3 is 2.48 bits per heavy atom. The number of nitrogens with zero attached hydrogens (tertiary/aromatic N) is 1. The van der Waals surface area contributed by atoms with E-state index in [1.807, 2.05) is 12.1 Å². The third-order valence-electron chi connectivity index (χ3n) is 3.49. The van der Waals surface area contributed by atoms with E-state index in [0.29, 0.717) is 11.8 Å². The van der Waals surface area contributed by atoms with Gasteiger partial charge >= 0.3 is 6.18 Å². The van der Waals surface area contributed by atoms with E-state index in [0.717, 1.165) is 17.8 Å². The number of halogens is 5. The van der Waals surface area contributed by atoms with Gasteiger partial charge in [-0.1, -0.05) is 24.3 Å². The van der Waals surface area contributed by atoms with Gasteiger partial charge in [-0.3, -0.25) is 10.8 Å². The largest absolute Gasteiger partial charge is 0.419 e. The zero-order valence-corrected chi connectivity index (χ0v) is 15.3. The van der Waals surface area contributed by atoms with Gasteiger partial charge in [-0.2, -0.15) is 13.2 Å². The van der Waals surface area contributed by atoms with Gasteiger partial charge in [-0.05, 0) is 36.0 Å². The third-order valence-corrected chi connectivity index (χ3v) is 3.49. The minimum Gasteiger partial charge on any atom is -0.362 e. The Morgan fingerprint density at radius 2 is 1.90 bits per heavy atom. The molecule has 0 radical (unpaired) electrons. The average Bonchev–Trinajstić information content (AvgIpc) is 2.67. The molecule has 0 saturated carbocycles. The first-order chi connectivity index (χ1) is 13.7. The van der Waals surface area contributed by atoms with E-state index in [4.69, 9.17) is 16.3 Å². The number of alkyl halides is 3. The molecule has 2 aromatic carbocycles. The van der Waals surface area contributed by atoms with Crippen LogP contribution < -0.4 is 17.0 Å². The van der Waals surface area contributed by atoms with E-state index < -0.39 is 17.6 Å². The van der Waals surface area contributed by atoms with Gasteiger partial charge in [0.2, 0.25) is 0 Å². The second-order valence-corrected chi connectivity index (χ2v) is 5.56. The summed E-state index contributed by atoms with van der Waals surface area (Å²) >= 11 is 0. The topological polar surface area (TPSA) is 85.7 Å². The van der Waals surface area contributed by atoms with E-state index in [1.54, 1.807) is 12.1 Å². The lowest BCUT2D eigenvalue weighted by molar-refractivity contribution is -0.140. The molecule has 0 unspecified atom stereocenters. The number of nitrogen functional groups attached to an aromatic ring is 1. The molecule has 0 bridgehead atoms. The maximum absolute atomic E-state index is 13.1. The molecule has 0 aromatic heterocycles. The van der Waals surface area contributed by atoms with E-state index in [9.17, 15) is 22.0 Å². The van der Waals surface area contributed by atoms with Gasteiger partial charge in [0.25, 0.3) is 0 Å². The molecular weight excluding hydrogens is 395 g/mol. The van der Waals surface area contributed by atoms with Crippen molar-refractivity contribution in [2.75, 3.05) is 12.2 Å². The number of hydrogen-bond donors (Lipinski definition) is 3. The van der Waals surface area contributed by atoms with E-state index in [1.165, 1.54) is 6.07 Å². The zero-order chi connectivity index (χ0) is 21.9. The van der Waals surface area contributed by atoms with Crippen LogP contribution in [0.15, 0.2) is 59.5 Å². The summed E-state index contributed by atoms with van der Waals surface area (Å²) in [5, 5.41) is 0. The van der Waals surface area contributed by atoms with Crippen LogP contribution in [0.5, 0.6) is 0 Å². The summed E-state index contributed by atoms with van der Waals surface area (Å²) in [6.07, 6.45) is -3.44. The van der Waals surface area contributed by atoms with E-state index >= 15 is 0 Å². The van der Waals surface area contributed by atoms with Crippen molar-refractivity contribution in [1.29, 1.82) is 0 Å². The lowest BCUT2D eigenvalue weighted by Crippen LogP contribution is -2.10. The van der Waals surface area contributed by atoms with E-state index in [-0.39, 0.29) is 31.1 Å². The van der Waals surface area contributed by atoms with Gasteiger partial charge < -0.3 is 15.9 Å². The summed E-state index contributed by atoms with van der Waals surface area (Å²) in [6.45, 7) is 3.01. The van der Waals surface area contributed by atoms with Gasteiger partial charge in [-0.25, -0.2) is 8.78 Å². The first-order valence-corrected chi connectivity index (χ1v) is 8.21. The highest BCUT2D eigenvalue weighted by molar-refractivity contribution is 5.51. The summed E-state index contributed by atoms with van der Waals surface area (Å²) in [6, 6.07) is 9.93. The molecular formula is C19H21F5N4O. The van der Waals surface area contributed by atoms with Crippen molar-refractivity contribution < 1.29 is 26.7 Å². The highest BCUT2D eigenvalue weighted by Crippen LogP contribution is 2.31. The highest BCUT2D eigenvalue weighted by atomic mass is 19.4. The van der Waals surface area contributed by atoms with Gasteiger partial charge in [-0.15, -0.1) is 0 Å². The lowest BCUT2D eigenvalue weighted by Gasteiger charge is -2.09. The van der Waals surface area contributed by atoms with Crippen molar-refractivity contribution in [3.8, 4) is 0 Å². The van der Waals surface area contributed by atoms with Crippen LogP contribution in [0, 0.1) is 5.82 Å². The molecule has 158 valence electrons. The Balaban J connectivity index is 0.000000291. The van der Waals surface area contributed by atoms with Gasteiger partial charge in [0.15, 0.2) is 0 Å². The van der Waals surface area contributed by atoms with Crippen LogP contribution in [-0.2, 0) is 23.9 Å². The van der Waals surface area contributed by atoms with Crippen LogP contribution >= 0.6 is 0 Å². The number of nitrogens with two attached hydrogens (primary N) is 2. The third kappa shape index (κ3) is 8.38. The predicted octanol–water partition coefficient (Wildman–Crippen LogP) is 4.30. The standard InChI is InChI=1S/C10H12FN3.C9H9F4NO/c1-13-7-9(11)6-8-4-2-3-5-10(8)14-12;10-8-2-1-6(4-15-5-14)3-7(8)9(11,12)13/h2-5,7,14H,1,6,12H2;1-3H,4-5,14H2/b9-7+;. The fraction of sp³-hybridized carbons (Fsp3) is 0.211. The van der Waals surface area contributed by atoms with Crippen molar-refractivity contribution in [3.63, 3.8) is 0 Å². The molecule has 5 N–H and O–H groups in total. The summed E-state index contributed by atoms with van der Waals surface area (Å²) in [7, 11) is 0. The Labute approximate surface area is 164 Å². The van der Waals surface area contributed by atoms with E-state index in [2.05, 4.69) is 17.1 Å². The average molecular weight is 416 g/mol. The molecule has 0 heterocycles. The quantitative estimate of drug-likeness (QED) is 0.207. The summed E-state index contributed by atoms with van der Waals surface area (Å²) in [5.74, 6) is 3.64. The second-order valence-electron chi connectivity index (χ2n) is 5.56. The van der Waals surface area contributed by atoms with Crippen LogP contribution in [0.4, 0.5) is 27.6 Å². The van der Waals surface area contributed by atoms with Gasteiger partial charge in [0, 0.05) is 6.42 Å².